The van der Waals surface area contributed by atoms with Gasteiger partial charge in [0.2, 0.25) is 0 Å². The molecule has 0 saturated heterocycles. The predicted octanol–water partition coefficient (Wildman–Crippen LogP) is 3.34. The van der Waals surface area contributed by atoms with E-state index in [9.17, 15) is 9.59 Å². The third-order valence-corrected chi connectivity index (χ3v) is 4.22. The summed E-state index contributed by atoms with van der Waals surface area (Å²) in [5, 5.41) is 4.85. The molecule has 3 rings (SSSR count). The fraction of sp³-hybridized carbons (Fsp3) is 0.150. The highest BCUT2D eigenvalue weighted by atomic mass is 35.5. The first-order valence-electron chi connectivity index (χ1n) is 8.27. The minimum atomic E-state index is -0.493. The largest absolute Gasteiger partial charge is 0.468 e. The lowest BCUT2D eigenvalue weighted by Gasteiger charge is -2.21. The summed E-state index contributed by atoms with van der Waals surface area (Å²) in [5.74, 6) is -0.801. The van der Waals surface area contributed by atoms with Gasteiger partial charge in [0, 0.05) is 17.8 Å². The van der Waals surface area contributed by atoms with Crippen LogP contribution in [0.2, 0.25) is 5.02 Å². The molecule has 0 radical (unpaired) electrons. The van der Waals surface area contributed by atoms with Crippen LogP contribution in [0.3, 0.4) is 0 Å². The Balaban J connectivity index is 1.83. The Hall–Kier alpha value is -3.12. The lowest BCUT2D eigenvalue weighted by molar-refractivity contribution is -0.141. The van der Waals surface area contributed by atoms with Gasteiger partial charge in [-0.05, 0) is 29.8 Å². The molecule has 0 N–H and O–H groups in total. The summed E-state index contributed by atoms with van der Waals surface area (Å²) >= 11 is 5.91. The van der Waals surface area contributed by atoms with Gasteiger partial charge < -0.3 is 9.64 Å². The van der Waals surface area contributed by atoms with Crippen LogP contribution in [0.25, 0.3) is 5.69 Å². The first-order valence-corrected chi connectivity index (χ1v) is 8.65. The van der Waals surface area contributed by atoms with Crippen molar-refractivity contribution in [3.05, 3.63) is 83.1 Å². The molecular weight excluding hydrogens is 366 g/mol. The Morgan fingerprint density at radius 3 is 2.48 bits per heavy atom. The van der Waals surface area contributed by atoms with E-state index in [0.717, 1.165) is 11.3 Å². The molecule has 3 aromatic rings. The van der Waals surface area contributed by atoms with Gasteiger partial charge >= 0.3 is 5.97 Å². The average molecular weight is 384 g/mol. The Kier molecular flexibility index (Phi) is 5.88. The lowest BCUT2D eigenvalue weighted by atomic mass is 10.2. The van der Waals surface area contributed by atoms with E-state index < -0.39 is 5.97 Å². The van der Waals surface area contributed by atoms with Gasteiger partial charge in [-0.2, -0.15) is 5.10 Å². The van der Waals surface area contributed by atoms with E-state index in [1.54, 1.807) is 23.0 Å². The molecule has 0 bridgehead atoms. The second kappa shape index (κ2) is 8.51. The molecule has 0 spiro atoms. The number of methoxy groups -OCH3 is 1. The molecule has 0 saturated carbocycles. The number of benzene rings is 2. The van der Waals surface area contributed by atoms with Crippen LogP contribution in [0.4, 0.5) is 0 Å². The number of halogens is 1. The molecule has 0 fully saturated rings. The molecule has 1 heterocycles. The van der Waals surface area contributed by atoms with E-state index in [1.165, 1.54) is 18.2 Å². The SMILES string of the molecule is COC(=O)CN(Cc1ccc(Cl)cc1)C(=O)c1cnn(-c2ccccc2)c1. The normalized spacial score (nSPS) is 10.4. The number of para-hydroxylation sites is 1. The molecule has 0 aliphatic carbocycles. The van der Waals surface area contributed by atoms with Crippen LogP contribution in [0.5, 0.6) is 0 Å². The van der Waals surface area contributed by atoms with Gasteiger partial charge in [0.15, 0.2) is 0 Å². The molecule has 6 nitrogen and oxygen atoms in total. The molecule has 1 amide bonds. The van der Waals surface area contributed by atoms with Crippen molar-refractivity contribution in [3.8, 4) is 5.69 Å². The minimum Gasteiger partial charge on any atom is -0.468 e. The van der Waals surface area contributed by atoms with Gasteiger partial charge in [0.25, 0.3) is 5.91 Å². The van der Waals surface area contributed by atoms with E-state index in [1.807, 2.05) is 42.5 Å². The molecule has 1 aromatic heterocycles. The van der Waals surface area contributed by atoms with Crippen molar-refractivity contribution in [2.24, 2.45) is 0 Å². The van der Waals surface area contributed by atoms with Crippen LogP contribution in [-0.2, 0) is 16.1 Å². The van der Waals surface area contributed by atoms with Crippen molar-refractivity contribution in [2.75, 3.05) is 13.7 Å². The Bertz CT molecular complexity index is 923. The van der Waals surface area contributed by atoms with Crippen molar-refractivity contribution in [2.45, 2.75) is 6.54 Å². The number of esters is 1. The predicted molar refractivity (Wildman–Crippen MR) is 102 cm³/mol. The number of hydrogen-bond acceptors (Lipinski definition) is 4. The topological polar surface area (TPSA) is 64.4 Å². The molecule has 0 aliphatic rings. The van der Waals surface area contributed by atoms with Crippen LogP contribution in [0, 0.1) is 0 Å². The van der Waals surface area contributed by atoms with Gasteiger partial charge in [-0.25, -0.2) is 4.68 Å². The number of carbonyl (C=O) groups excluding carboxylic acids is 2. The summed E-state index contributed by atoms with van der Waals surface area (Å²) in [6.45, 7) is 0.0933. The maximum Gasteiger partial charge on any atom is 0.325 e. The third kappa shape index (κ3) is 4.74. The molecular formula is C20H18ClN3O3. The van der Waals surface area contributed by atoms with Crippen LogP contribution in [0.15, 0.2) is 67.0 Å². The van der Waals surface area contributed by atoms with Crippen LogP contribution in [-0.4, -0.2) is 40.2 Å². The maximum atomic E-state index is 13.0. The van der Waals surface area contributed by atoms with E-state index >= 15 is 0 Å². The van der Waals surface area contributed by atoms with Crippen molar-refractivity contribution in [3.63, 3.8) is 0 Å². The second-order valence-corrected chi connectivity index (χ2v) is 6.31. The Morgan fingerprint density at radius 2 is 1.81 bits per heavy atom. The molecule has 2 aromatic carbocycles. The highest BCUT2D eigenvalue weighted by Gasteiger charge is 2.21. The fourth-order valence-corrected chi connectivity index (χ4v) is 2.69. The van der Waals surface area contributed by atoms with Crippen molar-refractivity contribution in [1.82, 2.24) is 14.7 Å². The summed E-state index contributed by atoms with van der Waals surface area (Å²) in [7, 11) is 1.29. The van der Waals surface area contributed by atoms with Crippen molar-refractivity contribution in [1.29, 1.82) is 0 Å². The number of nitrogens with zero attached hydrogens (tertiary/aromatic N) is 3. The summed E-state index contributed by atoms with van der Waals surface area (Å²) in [5.41, 5.74) is 2.08. The molecule has 0 unspecified atom stereocenters. The number of aromatic nitrogens is 2. The highest BCUT2D eigenvalue weighted by molar-refractivity contribution is 6.30. The molecule has 7 heteroatoms. The quantitative estimate of drug-likeness (QED) is 0.612. The zero-order valence-corrected chi connectivity index (χ0v) is 15.5. The fourth-order valence-electron chi connectivity index (χ4n) is 2.57. The smallest absolute Gasteiger partial charge is 0.325 e. The van der Waals surface area contributed by atoms with Gasteiger partial charge in [-0.1, -0.05) is 41.9 Å². The Morgan fingerprint density at radius 1 is 1.11 bits per heavy atom. The zero-order chi connectivity index (χ0) is 19.2. The van der Waals surface area contributed by atoms with Crippen LogP contribution >= 0.6 is 11.6 Å². The molecule has 0 atom stereocenters. The lowest BCUT2D eigenvalue weighted by Crippen LogP contribution is -2.35. The van der Waals surface area contributed by atoms with Crippen LogP contribution in [0.1, 0.15) is 15.9 Å². The molecule has 138 valence electrons. The zero-order valence-electron chi connectivity index (χ0n) is 14.7. The van der Waals surface area contributed by atoms with E-state index in [2.05, 4.69) is 5.10 Å². The van der Waals surface area contributed by atoms with Gasteiger partial charge in [-0.3, -0.25) is 9.59 Å². The number of rotatable bonds is 6. The van der Waals surface area contributed by atoms with Crippen molar-refractivity contribution >= 4 is 23.5 Å². The highest BCUT2D eigenvalue weighted by Crippen LogP contribution is 2.15. The summed E-state index contributed by atoms with van der Waals surface area (Å²) in [6.07, 6.45) is 3.13. The monoisotopic (exact) mass is 383 g/mol. The van der Waals surface area contributed by atoms with Gasteiger partial charge in [0.05, 0.1) is 24.6 Å². The van der Waals surface area contributed by atoms with E-state index in [4.69, 9.17) is 16.3 Å². The molecule has 27 heavy (non-hydrogen) atoms. The first kappa shape index (κ1) is 18.7. The van der Waals surface area contributed by atoms with Crippen LogP contribution < -0.4 is 0 Å². The minimum absolute atomic E-state index is 0.158. The van der Waals surface area contributed by atoms with E-state index in [0.29, 0.717) is 10.6 Å². The van der Waals surface area contributed by atoms with E-state index in [-0.39, 0.29) is 19.0 Å². The summed E-state index contributed by atoms with van der Waals surface area (Å²) in [6, 6.07) is 16.6. The summed E-state index contributed by atoms with van der Waals surface area (Å²) < 4.78 is 6.34. The maximum absolute atomic E-state index is 13.0. The number of amides is 1. The average Bonchev–Trinajstić information content (AvgIpc) is 3.19. The van der Waals surface area contributed by atoms with Gasteiger partial charge in [-0.15, -0.1) is 0 Å². The standard InChI is InChI=1S/C20H18ClN3O3/c1-27-19(25)14-23(12-15-7-9-17(21)10-8-15)20(26)16-11-22-24(13-16)18-5-3-2-4-6-18/h2-11,13H,12,14H2,1H3. The number of ether oxygens (including phenoxy) is 1. The first-order chi connectivity index (χ1) is 13.1. The third-order valence-electron chi connectivity index (χ3n) is 3.97. The number of carbonyl (C=O) groups is 2. The molecule has 0 aliphatic heterocycles. The summed E-state index contributed by atoms with van der Waals surface area (Å²) in [4.78, 5) is 26.1. The van der Waals surface area contributed by atoms with Crippen molar-refractivity contribution < 1.29 is 14.3 Å². The van der Waals surface area contributed by atoms with Gasteiger partial charge in [0.1, 0.15) is 6.54 Å². The Labute approximate surface area is 161 Å². The second-order valence-electron chi connectivity index (χ2n) is 5.87. The number of hydrogen-bond donors (Lipinski definition) is 0.